The van der Waals surface area contributed by atoms with Crippen LogP contribution in [-0.2, 0) is 17.6 Å². The molecule has 0 spiro atoms. The first-order chi connectivity index (χ1) is 16.0. The Morgan fingerprint density at radius 2 is 2.03 bits per heavy atom. The molecule has 2 N–H and O–H groups in total. The van der Waals surface area contributed by atoms with Crippen molar-refractivity contribution in [2.45, 2.75) is 51.7 Å². The molecule has 3 heterocycles. The van der Waals surface area contributed by atoms with Gasteiger partial charge < -0.3 is 15.0 Å². The van der Waals surface area contributed by atoms with Crippen molar-refractivity contribution in [3.05, 3.63) is 58.5 Å². The van der Waals surface area contributed by atoms with Gasteiger partial charge in [-0.25, -0.2) is 4.98 Å². The molecule has 8 heteroatoms. The number of H-pyrrole nitrogens is 1. The molecule has 2 amide bonds. The van der Waals surface area contributed by atoms with Gasteiger partial charge in [0.05, 0.1) is 29.9 Å². The highest BCUT2D eigenvalue weighted by atomic mass is 16.5. The lowest BCUT2D eigenvalue weighted by Gasteiger charge is -2.32. The zero-order valence-electron chi connectivity index (χ0n) is 19.1. The largest absolute Gasteiger partial charge is 0.368 e. The van der Waals surface area contributed by atoms with E-state index >= 15 is 0 Å². The fourth-order valence-corrected chi connectivity index (χ4v) is 4.71. The van der Waals surface area contributed by atoms with Crippen LogP contribution in [0.5, 0.6) is 0 Å². The highest BCUT2D eigenvalue weighted by Crippen LogP contribution is 2.28. The molecular weight excluding hydrogens is 418 g/mol. The molecule has 2 aliphatic rings. The lowest BCUT2D eigenvalue weighted by atomic mass is 9.95. The Morgan fingerprint density at radius 3 is 2.88 bits per heavy atom. The van der Waals surface area contributed by atoms with E-state index in [9.17, 15) is 9.59 Å². The molecule has 1 aliphatic carbocycles. The minimum absolute atomic E-state index is 0.0201. The predicted molar refractivity (Wildman–Crippen MR) is 124 cm³/mol. The van der Waals surface area contributed by atoms with Crippen LogP contribution < -0.4 is 5.32 Å². The van der Waals surface area contributed by atoms with Gasteiger partial charge in [0.25, 0.3) is 11.8 Å². The number of carbonyl (C=O) groups is 2. The first kappa shape index (κ1) is 21.6. The number of fused-ring (bicyclic) bond motifs is 2. The molecule has 0 unspecified atom stereocenters. The summed E-state index contributed by atoms with van der Waals surface area (Å²) in [6.45, 7) is 5.15. The Balaban J connectivity index is 1.43. The SMILES string of the molecule is CC(C)NC(=O)c1cc([C@H]2CN(C(=O)c3n[nH]c4c3CCCC4)CCO2)nc2ccccc12. The topological polar surface area (TPSA) is 100 Å². The van der Waals surface area contributed by atoms with Gasteiger partial charge >= 0.3 is 0 Å². The van der Waals surface area contributed by atoms with Crippen molar-refractivity contribution in [2.24, 2.45) is 0 Å². The number of aromatic amines is 1. The van der Waals surface area contributed by atoms with E-state index in [-0.39, 0.29) is 17.9 Å². The summed E-state index contributed by atoms with van der Waals surface area (Å²) in [6.07, 6.45) is 3.64. The zero-order chi connectivity index (χ0) is 22.9. The van der Waals surface area contributed by atoms with E-state index in [1.165, 1.54) is 0 Å². The van der Waals surface area contributed by atoms with E-state index in [1.54, 1.807) is 11.0 Å². The van der Waals surface area contributed by atoms with Gasteiger partial charge in [-0.3, -0.25) is 14.7 Å². The van der Waals surface area contributed by atoms with Crippen LogP contribution in [0.15, 0.2) is 30.3 Å². The van der Waals surface area contributed by atoms with Crippen LogP contribution in [-0.4, -0.2) is 57.6 Å². The number of aromatic nitrogens is 3. The van der Waals surface area contributed by atoms with Crippen molar-refractivity contribution >= 4 is 22.7 Å². The molecule has 2 aromatic heterocycles. The fourth-order valence-electron chi connectivity index (χ4n) is 4.71. The van der Waals surface area contributed by atoms with Gasteiger partial charge in [-0.1, -0.05) is 18.2 Å². The number of carbonyl (C=O) groups excluding carboxylic acids is 2. The lowest BCUT2D eigenvalue weighted by Crippen LogP contribution is -2.43. The van der Waals surface area contributed by atoms with E-state index in [0.717, 1.165) is 47.8 Å². The van der Waals surface area contributed by atoms with E-state index in [0.29, 0.717) is 36.6 Å². The summed E-state index contributed by atoms with van der Waals surface area (Å²) >= 11 is 0. The average Bonchev–Trinajstić information content (AvgIpc) is 3.26. The molecule has 172 valence electrons. The molecule has 33 heavy (non-hydrogen) atoms. The summed E-state index contributed by atoms with van der Waals surface area (Å²) in [6, 6.07) is 9.42. The summed E-state index contributed by atoms with van der Waals surface area (Å²) < 4.78 is 6.02. The summed E-state index contributed by atoms with van der Waals surface area (Å²) in [5, 5.41) is 11.2. The summed E-state index contributed by atoms with van der Waals surface area (Å²) in [5.41, 5.74) is 4.64. The molecule has 0 saturated carbocycles. The predicted octanol–water partition coefficient (Wildman–Crippen LogP) is 3.19. The number of hydrogen-bond acceptors (Lipinski definition) is 5. The molecule has 8 nitrogen and oxygen atoms in total. The van der Waals surface area contributed by atoms with E-state index in [4.69, 9.17) is 9.72 Å². The molecular formula is C25H29N5O3. The third-order valence-corrected chi connectivity index (χ3v) is 6.34. The van der Waals surface area contributed by atoms with Gasteiger partial charge in [-0.15, -0.1) is 0 Å². The second-order valence-electron chi connectivity index (χ2n) is 9.09. The van der Waals surface area contributed by atoms with Gasteiger partial charge in [-0.05, 0) is 51.7 Å². The molecule has 1 aromatic carbocycles. The molecule has 3 aromatic rings. The standard InChI is InChI=1S/C25H29N5O3/c1-15(2)26-24(31)18-13-21(27-19-9-5-3-7-16(18)19)22-14-30(11-12-33-22)25(32)23-17-8-4-6-10-20(17)28-29-23/h3,5,7,9,13,15,22H,4,6,8,10-12,14H2,1-2H3,(H,26,31)(H,28,29)/t22-/m1/s1. The quantitative estimate of drug-likeness (QED) is 0.640. The molecule has 1 atom stereocenters. The minimum atomic E-state index is -0.410. The number of hydrogen-bond donors (Lipinski definition) is 2. The van der Waals surface area contributed by atoms with Crippen molar-refractivity contribution in [1.29, 1.82) is 0 Å². The maximum atomic E-state index is 13.3. The van der Waals surface area contributed by atoms with Gasteiger partial charge in [0.2, 0.25) is 0 Å². The number of aryl methyl sites for hydroxylation is 1. The second-order valence-corrected chi connectivity index (χ2v) is 9.09. The summed E-state index contributed by atoms with van der Waals surface area (Å²) in [7, 11) is 0. The molecule has 1 aliphatic heterocycles. The van der Waals surface area contributed by atoms with Crippen molar-refractivity contribution in [3.8, 4) is 0 Å². The molecule has 0 bridgehead atoms. The van der Waals surface area contributed by atoms with Gasteiger partial charge in [0.1, 0.15) is 6.10 Å². The van der Waals surface area contributed by atoms with Crippen LogP contribution in [0.25, 0.3) is 10.9 Å². The number of para-hydroxylation sites is 1. The molecule has 1 fully saturated rings. The number of morpholine rings is 1. The van der Waals surface area contributed by atoms with Crippen LogP contribution >= 0.6 is 0 Å². The van der Waals surface area contributed by atoms with Crippen LogP contribution in [0.3, 0.4) is 0 Å². The molecule has 0 radical (unpaired) electrons. The highest BCUT2D eigenvalue weighted by Gasteiger charge is 2.31. The van der Waals surface area contributed by atoms with Crippen LogP contribution in [0.4, 0.5) is 0 Å². The Labute approximate surface area is 192 Å². The first-order valence-electron chi connectivity index (χ1n) is 11.7. The third kappa shape index (κ3) is 4.23. The fraction of sp³-hybridized carbons (Fsp3) is 0.440. The number of benzene rings is 1. The van der Waals surface area contributed by atoms with E-state index < -0.39 is 6.10 Å². The zero-order valence-corrected chi connectivity index (χ0v) is 19.1. The second kappa shape index (κ2) is 8.94. The maximum Gasteiger partial charge on any atom is 0.274 e. The average molecular weight is 448 g/mol. The van der Waals surface area contributed by atoms with Crippen molar-refractivity contribution in [2.75, 3.05) is 19.7 Å². The van der Waals surface area contributed by atoms with Crippen LogP contribution in [0.2, 0.25) is 0 Å². The summed E-state index contributed by atoms with van der Waals surface area (Å²) in [5.74, 6) is -0.210. The van der Waals surface area contributed by atoms with Gasteiger partial charge in [0, 0.05) is 29.2 Å². The highest BCUT2D eigenvalue weighted by molar-refractivity contribution is 6.06. The molecule has 5 rings (SSSR count). The van der Waals surface area contributed by atoms with Crippen molar-refractivity contribution < 1.29 is 14.3 Å². The third-order valence-electron chi connectivity index (χ3n) is 6.34. The monoisotopic (exact) mass is 447 g/mol. The number of rotatable bonds is 4. The summed E-state index contributed by atoms with van der Waals surface area (Å²) in [4.78, 5) is 32.8. The van der Waals surface area contributed by atoms with E-state index in [2.05, 4.69) is 15.5 Å². The van der Waals surface area contributed by atoms with Crippen LogP contribution in [0, 0.1) is 0 Å². The normalized spacial score (nSPS) is 18.4. The maximum absolute atomic E-state index is 13.3. The Bertz CT molecular complexity index is 1200. The molecule has 1 saturated heterocycles. The van der Waals surface area contributed by atoms with Crippen molar-refractivity contribution in [1.82, 2.24) is 25.4 Å². The first-order valence-corrected chi connectivity index (χ1v) is 11.7. The smallest absolute Gasteiger partial charge is 0.274 e. The lowest BCUT2D eigenvalue weighted by molar-refractivity contribution is -0.0248. The Kier molecular flexibility index (Phi) is 5.85. The van der Waals surface area contributed by atoms with Crippen molar-refractivity contribution in [3.63, 3.8) is 0 Å². The number of pyridine rings is 1. The number of nitrogens with zero attached hydrogens (tertiary/aromatic N) is 3. The van der Waals surface area contributed by atoms with E-state index in [1.807, 2.05) is 38.1 Å². The Hall–Kier alpha value is -3.26. The number of nitrogens with one attached hydrogen (secondary N) is 2. The van der Waals surface area contributed by atoms with Gasteiger partial charge in [-0.2, -0.15) is 5.10 Å². The van der Waals surface area contributed by atoms with Gasteiger partial charge in [0.15, 0.2) is 5.69 Å². The van der Waals surface area contributed by atoms with Crippen LogP contribution in [0.1, 0.15) is 70.6 Å². The number of amides is 2. The Morgan fingerprint density at radius 1 is 1.21 bits per heavy atom. The number of ether oxygens (including phenoxy) is 1. The minimum Gasteiger partial charge on any atom is -0.368 e.